The normalized spacial score (nSPS) is 12.8. The predicted octanol–water partition coefficient (Wildman–Crippen LogP) is 6.93. The molecule has 3 rings (SSSR count). The van der Waals surface area contributed by atoms with Crippen LogP contribution in [0.1, 0.15) is 19.4 Å². The standard InChI is InChI=1S/C22H22ClF3NO5PS/c1-3-31-33(28,32-4-2)15-27(21-11-7-9-16-8-5-6-10-20(16)21)34(29,30)19-13-17(22(24,25)26)12-18(23)14-19/h5-14H,3-4,15H2,1-2H3. The SMILES string of the molecule is CCOP(=O)(CN(c1cccc2ccccc12)S(=O)(=O)c1cc(Cl)cc(C(F)(F)F)c1)OCC. The Labute approximate surface area is 200 Å². The Morgan fingerprint density at radius 1 is 0.971 bits per heavy atom. The van der Waals surface area contributed by atoms with Crippen molar-refractivity contribution in [3.63, 3.8) is 0 Å². The van der Waals surface area contributed by atoms with E-state index in [2.05, 4.69) is 0 Å². The number of anilines is 1. The molecule has 0 atom stereocenters. The van der Waals surface area contributed by atoms with Crippen LogP contribution in [-0.4, -0.2) is 27.9 Å². The molecule has 0 aliphatic carbocycles. The molecule has 0 aliphatic rings. The van der Waals surface area contributed by atoms with Crippen LogP contribution in [-0.2, 0) is 29.8 Å². The molecule has 6 nitrogen and oxygen atoms in total. The van der Waals surface area contributed by atoms with Gasteiger partial charge in [0.25, 0.3) is 10.0 Å². The Kier molecular flexibility index (Phi) is 7.99. The van der Waals surface area contributed by atoms with Gasteiger partial charge in [-0.15, -0.1) is 0 Å². The minimum Gasteiger partial charge on any atom is -0.308 e. The predicted molar refractivity (Wildman–Crippen MR) is 126 cm³/mol. The van der Waals surface area contributed by atoms with Gasteiger partial charge in [0.2, 0.25) is 0 Å². The lowest BCUT2D eigenvalue weighted by atomic mass is 10.1. The van der Waals surface area contributed by atoms with Crippen molar-refractivity contribution in [1.82, 2.24) is 0 Å². The lowest BCUT2D eigenvalue weighted by molar-refractivity contribution is -0.137. The topological polar surface area (TPSA) is 72.9 Å². The van der Waals surface area contributed by atoms with E-state index in [9.17, 15) is 26.2 Å². The Bertz CT molecular complexity index is 1320. The molecule has 0 aromatic heterocycles. The van der Waals surface area contributed by atoms with Crippen LogP contribution in [0.4, 0.5) is 18.9 Å². The molecule has 184 valence electrons. The van der Waals surface area contributed by atoms with Crippen LogP contribution in [0.15, 0.2) is 65.6 Å². The Balaban J connectivity index is 2.27. The van der Waals surface area contributed by atoms with E-state index in [0.29, 0.717) is 22.9 Å². The van der Waals surface area contributed by atoms with Gasteiger partial charge in [-0.05, 0) is 43.5 Å². The fraction of sp³-hybridized carbons (Fsp3) is 0.273. The van der Waals surface area contributed by atoms with Crippen molar-refractivity contribution in [3.05, 3.63) is 71.2 Å². The van der Waals surface area contributed by atoms with E-state index in [0.717, 1.165) is 10.4 Å². The van der Waals surface area contributed by atoms with Gasteiger partial charge in [-0.3, -0.25) is 8.87 Å². The highest BCUT2D eigenvalue weighted by Gasteiger charge is 2.38. The largest absolute Gasteiger partial charge is 0.416 e. The summed E-state index contributed by atoms with van der Waals surface area (Å²) < 4.78 is 92.4. The second-order valence-corrected chi connectivity index (χ2v) is 11.4. The summed E-state index contributed by atoms with van der Waals surface area (Å²) in [7, 11) is -8.70. The number of sulfonamides is 1. The lowest BCUT2D eigenvalue weighted by Crippen LogP contribution is -2.33. The van der Waals surface area contributed by atoms with E-state index in [1.165, 1.54) is 6.07 Å². The summed E-state index contributed by atoms with van der Waals surface area (Å²) in [6.07, 6.45) is -5.58. The molecule has 0 N–H and O–H groups in total. The zero-order valence-corrected chi connectivity index (χ0v) is 20.7. The van der Waals surface area contributed by atoms with Gasteiger partial charge in [-0.25, -0.2) is 8.42 Å². The molecule has 3 aromatic carbocycles. The summed E-state index contributed by atoms with van der Waals surface area (Å²) in [6, 6.07) is 13.7. The number of hydrogen-bond acceptors (Lipinski definition) is 5. The van der Waals surface area contributed by atoms with Gasteiger partial charge in [-0.2, -0.15) is 13.2 Å². The van der Waals surface area contributed by atoms with Gasteiger partial charge in [-0.1, -0.05) is 48.0 Å². The zero-order chi connectivity index (χ0) is 25.1. The van der Waals surface area contributed by atoms with Crippen molar-refractivity contribution in [3.8, 4) is 0 Å². The van der Waals surface area contributed by atoms with Gasteiger partial charge in [0, 0.05) is 10.4 Å². The molecule has 0 aliphatic heterocycles. The average molecular weight is 536 g/mol. The maximum atomic E-state index is 13.8. The summed E-state index contributed by atoms with van der Waals surface area (Å²) in [5.41, 5.74) is -1.12. The molecule has 0 fully saturated rings. The molecular weight excluding hydrogens is 514 g/mol. The van der Waals surface area contributed by atoms with Gasteiger partial charge >= 0.3 is 13.8 Å². The maximum Gasteiger partial charge on any atom is 0.416 e. The highest BCUT2D eigenvalue weighted by Crippen LogP contribution is 2.51. The first kappa shape index (κ1) is 26.5. The number of rotatable bonds is 9. The second kappa shape index (κ2) is 10.3. The Hall–Kier alpha value is -2.10. The Morgan fingerprint density at radius 3 is 2.21 bits per heavy atom. The molecule has 12 heteroatoms. The third kappa shape index (κ3) is 5.75. The number of nitrogens with zero attached hydrogens (tertiary/aromatic N) is 1. The first-order chi connectivity index (χ1) is 15.9. The van der Waals surface area contributed by atoms with Gasteiger partial charge in [0.15, 0.2) is 0 Å². The average Bonchev–Trinajstić information content (AvgIpc) is 2.76. The first-order valence-electron chi connectivity index (χ1n) is 10.2. The van der Waals surface area contributed by atoms with Crippen LogP contribution in [0.2, 0.25) is 5.02 Å². The number of fused-ring (bicyclic) bond motifs is 1. The molecule has 0 amide bonds. The minimum atomic E-state index is -4.83. The lowest BCUT2D eigenvalue weighted by Gasteiger charge is -2.29. The van der Waals surface area contributed by atoms with Crippen molar-refractivity contribution < 1.29 is 35.2 Å². The van der Waals surface area contributed by atoms with E-state index in [1.807, 2.05) is 0 Å². The van der Waals surface area contributed by atoms with E-state index < -0.39 is 45.6 Å². The quantitative estimate of drug-likeness (QED) is 0.278. The smallest absolute Gasteiger partial charge is 0.308 e. The third-order valence-electron chi connectivity index (χ3n) is 4.78. The van der Waals surface area contributed by atoms with Crippen molar-refractivity contribution in [2.24, 2.45) is 0 Å². The molecule has 0 saturated carbocycles. The first-order valence-corrected chi connectivity index (χ1v) is 13.7. The molecule has 0 saturated heterocycles. The minimum absolute atomic E-state index is 0.0317. The molecule has 34 heavy (non-hydrogen) atoms. The summed E-state index contributed by atoms with van der Waals surface area (Å²) in [6.45, 7) is 3.07. The Morgan fingerprint density at radius 2 is 1.59 bits per heavy atom. The fourth-order valence-corrected chi connectivity index (χ4v) is 7.43. The molecular formula is C22H22ClF3NO5PS. The monoisotopic (exact) mass is 535 g/mol. The summed E-state index contributed by atoms with van der Waals surface area (Å²) >= 11 is 5.85. The van der Waals surface area contributed by atoms with Crippen molar-refractivity contribution >= 4 is 45.7 Å². The van der Waals surface area contributed by atoms with E-state index in [4.69, 9.17) is 20.6 Å². The third-order valence-corrected chi connectivity index (χ3v) is 8.85. The van der Waals surface area contributed by atoms with Crippen LogP contribution < -0.4 is 4.31 Å². The molecule has 0 heterocycles. The highest BCUT2D eigenvalue weighted by atomic mass is 35.5. The summed E-state index contributed by atoms with van der Waals surface area (Å²) in [5, 5.41) is 0.736. The van der Waals surface area contributed by atoms with Crippen LogP contribution in [0.5, 0.6) is 0 Å². The number of halogens is 4. The van der Waals surface area contributed by atoms with Crippen LogP contribution in [0.25, 0.3) is 10.8 Å². The van der Waals surface area contributed by atoms with Gasteiger partial charge in [0.1, 0.15) is 6.29 Å². The van der Waals surface area contributed by atoms with Crippen molar-refractivity contribution in [1.29, 1.82) is 0 Å². The highest BCUT2D eigenvalue weighted by molar-refractivity contribution is 7.93. The van der Waals surface area contributed by atoms with Crippen LogP contribution in [0, 0.1) is 0 Å². The van der Waals surface area contributed by atoms with Crippen molar-refractivity contribution in [2.45, 2.75) is 24.9 Å². The van der Waals surface area contributed by atoms with Gasteiger partial charge < -0.3 is 9.05 Å². The van der Waals surface area contributed by atoms with E-state index in [-0.39, 0.29) is 18.9 Å². The van der Waals surface area contributed by atoms with Gasteiger partial charge in [0.05, 0.1) is 29.4 Å². The number of alkyl halides is 3. The second-order valence-electron chi connectivity index (χ2n) is 7.11. The molecule has 0 radical (unpaired) electrons. The molecule has 3 aromatic rings. The van der Waals surface area contributed by atoms with Crippen molar-refractivity contribution in [2.75, 3.05) is 23.8 Å². The number of hydrogen-bond donors (Lipinski definition) is 0. The molecule has 0 unspecified atom stereocenters. The maximum absolute atomic E-state index is 13.8. The summed E-state index contributed by atoms with van der Waals surface area (Å²) in [4.78, 5) is -0.709. The molecule has 0 bridgehead atoms. The summed E-state index contributed by atoms with van der Waals surface area (Å²) in [5.74, 6) is 0. The fourth-order valence-electron chi connectivity index (χ4n) is 3.38. The number of benzene rings is 3. The van der Waals surface area contributed by atoms with Crippen LogP contribution in [0.3, 0.4) is 0 Å². The van der Waals surface area contributed by atoms with E-state index in [1.54, 1.807) is 50.2 Å². The zero-order valence-electron chi connectivity index (χ0n) is 18.3. The van der Waals surface area contributed by atoms with E-state index >= 15 is 0 Å². The molecule has 0 spiro atoms. The van der Waals surface area contributed by atoms with Crippen LogP contribution >= 0.6 is 19.2 Å².